The van der Waals surface area contributed by atoms with E-state index in [4.69, 9.17) is 5.73 Å². The number of nitrogens with one attached hydrogen (secondary N) is 1. The van der Waals surface area contributed by atoms with Gasteiger partial charge in [0.25, 0.3) is 5.91 Å². The van der Waals surface area contributed by atoms with E-state index in [0.29, 0.717) is 17.2 Å². The minimum absolute atomic E-state index is 0.341. The molecule has 0 aliphatic rings. The van der Waals surface area contributed by atoms with Crippen molar-refractivity contribution >= 4 is 11.7 Å². The van der Waals surface area contributed by atoms with Crippen LogP contribution in [0, 0.1) is 0 Å². The van der Waals surface area contributed by atoms with Crippen molar-refractivity contribution in [2.45, 2.75) is 6.92 Å². The zero-order valence-corrected chi connectivity index (χ0v) is 9.29. The van der Waals surface area contributed by atoms with Gasteiger partial charge in [0.05, 0.1) is 11.8 Å². The van der Waals surface area contributed by atoms with Gasteiger partial charge >= 0.3 is 0 Å². The first-order valence-electron chi connectivity index (χ1n) is 5.11. The summed E-state index contributed by atoms with van der Waals surface area (Å²) in [7, 11) is 0. The maximum Gasteiger partial charge on any atom is 0.251 e. The molecule has 0 aliphatic heterocycles. The third-order valence-corrected chi connectivity index (χ3v) is 2.11. The average Bonchev–Trinajstić information content (AvgIpc) is 2.79. The highest BCUT2D eigenvalue weighted by Gasteiger charge is 2.06. The minimum Gasteiger partial charge on any atom is -0.370 e. The van der Waals surface area contributed by atoms with Gasteiger partial charge in [-0.2, -0.15) is 5.10 Å². The van der Waals surface area contributed by atoms with Crippen LogP contribution >= 0.6 is 0 Å². The zero-order valence-electron chi connectivity index (χ0n) is 9.29. The topological polar surface area (TPSA) is 98.7 Å². The van der Waals surface area contributed by atoms with Gasteiger partial charge in [-0.25, -0.2) is 14.6 Å². The van der Waals surface area contributed by atoms with Crippen LogP contribution in [0.15, 0.2) is 24.8 Å². The fourth-order valence-electron chi connectivity index (χ4n) is 1.33. The molecule has 7 nitrogen and oxygen atoms in total. The van der Waals surface area contributed by atoms with Gasteiger partial charge in [-0.3, -0.25) is 4.79 Å². The Bertz CT molecular complexity index is 535. The molecule has 0 aromatic carbocycles. The van der Waals surface area contributed by atoms with Crippen LogP contribution in [0.4, 0.5) is 5.82 Å². The number of nitrogens with two attached hydrogens (primary N) is 1. The first kappa shape index (κ1) is 11.1. The smallest absolute Gasteiger partial charge is 0.251 e. The molecule has 0 atom stereocenters. The van der Waals surface area contributed by atoms with Crippen LogP contribution in [0.5, 0.6) is 0 Å². The average molecular weight is 232 g/mol. The molecular weight excluding hydrogens is 220 g/mol. The van der Waals surface area contributed by atoms with Gasteiger partial charge in [-0.1, -0.05) is 0 Å². The van der Waals surface area contributed by atoms with E-state index in [9.17, 15) is 4.79 Å². The Balaban J connectivity index is 2.31. The van der Waals surface area contributed by atoms with E-state index in [1.165, 1.54) is 23.4 Å². The lowest BCUT2D eigenvalue weighted by molar-refractivity contribution is 0.100. The van der Waals surface area contributed by atoms with Crippen molar-refractivity contribution in [2.24, 2.45) is 5.73 Å². The SMILES string of the molecule is CCNc1cc(-n2cc(C(N)=O)cn2)ncn1. The molecular formula is C10H12N6O. The second kappa shape index (κ2) is 4.60. The van der Waals surface area contributed by atoms with Crippen LogP contribution in [0.3, 0.4) is 0 Å². The molecule has 17 heavy (non-hydrogen) atoms. The number of nitrogens with zero attached hydrogens (tertiary/aromatic N) is 4. The van der Waals surface area contributed by atoms with Gasteiger partial charge in [-0.05, 0) is 6.92 Å². The predicted octanol–water partition coefficient (Wildman–Crippen LogP) is 0.193. The lowest BCUT2D eigenvalue weighted by atomic mass is 10.3. The molecule has 7 heteroatoms. The van der Waals surface area contributed by atoms with Crippen molar-refractivity contribution in [2.75, 3.05) is 11.9 Å². The minimum atomic E-state index is -0.516. The van der Waals surface area contributed by atoms with E-state index < -0.39 is 5.91 Å². The molecule has 2 rings (SSSR count). The van der Waals surface area contributed by atoms with Crippen molar-refractivity contribution in [3.63, 3.8) is 0 Å². The van der Waals surface area contributed by atoms with Gasteiger partial charge < -0.3 is 11.1 Å². The van der Waals surface area contributed by atoms with Crippen LogP contribution in [0.2, 0.25) is 0 Å². The maximum atomic E-state index is 10.9. The molecule has 0 spiro atoms. The van der Waals surface area contributed by atoms with Gasteiger partial charge in [-0.15, -0.1) is 0 Å². The molecule has 0 fully saturated rings. The molecule has 2 heterocycles. The van der Waals surface area contributed by atoms with Crippen LogP contribution < -0.4 is 11.1 Å². The van der Waals surface area contributed by atoms with Crippen LogP contribution in [0.1, 0.15) is 17.3 Å². The summed E-state index contributed by atoms with van der Waals surface area (Å²) in [5, 5.41) is 7.07. The number of amides is 1. The van der Waals surface area contributed by atoms with E-state index in [-0.39, 0.29) is 0 Å². The molecule has 3 N–H and O–H groups in total. The maximum absolute atomic E-state index is 10.9. The Morgan fingerprint density at radius 2 is 2.35 bits per heavy atom. The summed E-state index contributed by atoms with van der Waals surface area (Å²) in [6, 6.07) is 1.74. The highest BCUT2D eigenvalue weighted by Crippen LogP contribution is 2.08. The highest BCUT2D eigenvalue weighted by atomic mass is 16.1. The number of hydrogen-bond acceptors (Lipinski definition) is 5. The van der Waals surface area contributed by atoms with Crippen molar-refractivity contribution in [1.29, 1.82) is 0 Å². The summed E-state index contributed by atoms with van der Waals surface area (Å²) in [5.41, 5.74) is 5.49. The van der Waals surface area contributed by atoms with Crippen molar-refractivity contribution < 1.29 is 4.79 Å². The molecule has 2 aromatic rings. The molecule has 0 saturated carbocycles. The summed E-state index contributed by atoms with van der Waals surface area (Å²) in [5.74, 6) is 0.759. The molecule has 2 aromatic heterocycles. The summed E-state index contributed by atoms with van der Waals surface area (Å²) in [4.78, 5) is 19.0. The van der Waals surface area contributed by atoms with E-state index >= 15 is 0 Å². The molecule has 0 aliphatic carbocycles. The number of primary amides is 1. The van der Waals surface area contributed by atoms with Crippen LogP contribution in [-0.2, 0) is 0 Å². The lowest BCUT2D eigenvalue weighted by Crippen LogP contribution is -2.09. The van der Waals surface area contributed by atoms with Crippen LogP contribution in [-0.4, -0.2) is 32.2 Å². The second-order valence-electron chi connectivity index (χ2n) is 3.33. The van der Waals surface area contributed by atoms with E-state index in [2.05, 4.69) is 20.4 Å². The van der Waals surface area contributed by atoms with Gasteiger partial charge in [0, 0.05) is 18.8 Å². The monoisotopic (exact) mass is 232 g/mol. The zero-order chi connectivity index (χ0) is 12.3. The number of carbonyl (C=O) groups excluding carboxylic acids is 1. The van der Waals surface area contributed by atoms with E-state index in [1.807, 2.05) is 6.92 Å². The lowest BCUT2D eigenvalue weighted by Gasteiger charge is -2.03. The number of carbonyl (C=O) groups is 1. The fraction of sp³-hybridized carbons (Fsp3) is 0.200. The van der Waals surface area contributed by atoms with E-state index in [1.54, 1.807) is 6.07 Å². The summed E-state index contributed by atoms with van der Waals surface area (Å²) in [6.07, 6.45) is 4.36. The van der Waals surface area contributed by atoms with Gasteiger partial charge in [0.1, 0.15) is 12.1 Å². The molecule has 1 amide bonds. The van der Waals surface area contributed by atoms with Crippen LogP contribution in [0.25, 0.3) is 5.82 Å². The summed E-state index contributed by atoms with van der Waals surface area (Å²) in [6.45, 7) is 2.74. The Hall–Kier alpha value is -2.44. The van der Waals surface area contributed by atoms with Gasteiger partial charge in [0.15, 0.2) is 5.82 Å². The second-order valence-corrected chi connectivity index (χ2v) is 3.33. The van der Waals surface area contributed by atoms with Crippen molar-refractivity contribution in [3.8, 4) is 5.82 Å². The number of hydrogen-bond donors (Lipinski definition) is 2. The third-order valence-electron chi connectivity index (χ3n) is 2.11. The highest BCUT2D eigenvalue weighted by molar-refractivity contribution is 5.92. The summed E-state index contributed by atoms with van der Waals surface area (Å²) < 4.78 is 1.47. The van der Waals surface area contributed by atoms with E-state index in [0.717, 1.165) is 6.54 Å². The van der Waals surface area contributed by atoms with Crippen molar-refractivity contribution in [1.82, 2.24) is 19.7 Å². The molecule has 0 bridgehead atoms. The number of aromatic nitrogens is 4. The molecule has 88 valence electrons. The molecule has 0 saturated heterocycles. The largest absolute Gasteiger partial charge is 0.370 e. The summed E-state index contributed by atoms with van der Waals surface area (Å²) >= 11 is 0. The standard InChI is InChI=1S/C10H12N6O/c1-2-12-8-3-9(14-6-13-8)16-5-7(4-15-16)10(11)17/h3-6H,2H2,1H3,(H2,11,17)(H,12,13,14). The third kappa shape index (κ3) is 2.39. The first-order valence-corrected chi connectivity index (χ1v) is 5.11. The first-order chi connectivity index (χ1) is 8.20. The fourth-order valence-corrected chi connectivity index (χ4v) is 1.33. The number of rotatable bonds is 4. The predicted molar refractivity (Wildman–Crippen MR) is 61.8 cm³/mol. The molecule has 0 unspecified atom stereocenters. The Labute approximate surface area is 97.7 Å². The normalized spacial score (nSPS) is 10.2. The Morgan fingerprint density at radius 1 is 1.53 bits per heavy atom. The van der Waals surface area contributed by atoms with Crippen molar-refractivity contribution in [3.05, 3.63) is 30.4 Å². The molecule has 0 radical (unpaired) electrons. The number of anilines is 1. The Morgan fingerprint density at radius 3 is 3.00 bits per heavy atom. The quantitative estimate of drug-likeness (QED) is 0.784. The Kier molecular flexibility index (Phi) is 2.99. The van der Waals surface area contributed by atoms with Gasteiger partial charge in [0.2, 0.25) is 0 Å².